The van der Waals surface area contributed by atoms with Gasteiger partial charge in [-0.3, -0.25) is 0 Å². The van der Waals surface area contributed by atoms with E-state index in [0.717, 1.165) is 17.0 Å². The van der Waals surface area contributed by atoms with Gasteiger partial charge in [0.25, 0.3) is 0 Å². The first-order valence-electron chi connectivity index (χ1n) is 4.56. The maximum atomic E-state index is 5.07. The monoisotopic (exact) mass is 201 g/mol. The molecule has 0 radical (unpaired) electrons. The summed E-state index contributed by atoms with van der Waals surface area (Å²) >= 11 is 0. The third-order valence-corrected chi connectivity index (χ3v) is 2.00. The van der Waals surface area contributed by atoms with Crippen LogP contribution < -0.4 is 4.74 Å². The summed E-state index contributed by atoms with van der Waals surface area (Å²) in [6, 6.07) is 7.80. The number of rotatable bonds is 3. The van der Waals surface area contributed by atoms with Gasteiger partial charge in [0.05, 0.1) is 13.3 Å². The molecule has 2 rings (SSSR count). The first-order valence-corrected chi connectivity index (χ1v) is 4.56. The van der Waals surface area contributed by atoms with E-state index < -0.39 is 0 Å². The van der Waals surface area contributed by atoms with Gasteiger partial charge >= 0.3 is 0 Å². The third-order valence-electron chi connectivity index (χ3n) is 2.00. The minimum Gasteiger partial charge on any atom is -0.497 e. The van der Waals surface area contributed by atoms with E-state index in [-0.39, 0.29) is 0 Å². The standard InChI is InChI=1S/C11H11N3O/c1-15-11-6-3-9(4-7-11)2-5-10-8-12-14-13-10/h2-8H,1H3,(H,12,13,14). The summed E-state index contributed by atoms with van der Waals surface area (Å²) in [6.45, 7) is 0. The summed E-state index contributed by atoms with van der Waals surface area (Å²) in [5, 5.41) is 10.2. The minimum atomic E-state index is 0.811. The van der Waals surface area contributed by atoms with Crippen molar-refractivity contribution in [3.63, 3.8) is 0 Å². The number of hydrogen-bond acceptors (Lipinski definition) is 3. The van der Waals surface area contributed by atoms with Crippen LogP contribution in [0.5, 0.6) is 5.75 Å². The molecule has 0 aliphatic rings. The molecule has 0 saturated heterocycles. The summed E-state index contributed by atoms with van der Waals surface area (Å²) in [5.74, 6) is 0.855. The molecule has 0 amide bonds. The van der Waals surface area contributed by atoms with Crippen LogP contribution in [0.15, 0.2) is 30.5 Å². The lowest BCUT2D eigenvalue weighted by Crippen LogP contribution is -1.81. The van der Waals surface area contributed by atoms with Crippen LogP contribution >= 0.6 is 0 Å². The fourth-order valence-corrected chi connectivity index (χ4v) is 1.19. The molecule has 0 saturated carbocycles. The van der Waals surface area contributed by atoms with Gasteiger partial charge in [-0.1, -0.05) is 18.2 Å². The Bertz CT molecular complexity index is 431. The van der Waals surface area contributed by atoms with Gasteiger partial charge in [-0.05, 0) is 23.8 Å². The zero-order valence-corrected chi connectivity index (χ0v) is 8.34. The van der Waals surface area contributed by atoms with Crippen LogP contribution in [0, 0.1) is 0 Å². The lowest BCUT2D eigenvalue weighted by atomic mass is 10.2. The molecule has 0 atom stereocenters. The molecule has 0 aliphatic carbocycles. The minimum absolute atomic E-state index is 0.811. The second-order valence-electron chi connectivity index (χ2n) is 3.00. The van der Waals surface area contributed by atoms with E-state index in [9.17, 15) is 0 Å². The van der Waals surface area contributed by atoms with Gasteiger partial charge in [0.2, 0.25) is 0 Å². The van der Waals surface area contributed by atoms with Gasteiger partial charge in [0, 0.05) is 0 Å². The summed E-state index contributed by atoms with van der Waals surface area (Å²) in [5.41, 5.74) is 1.91. The molecule has 0 fully saturated rings. The van der Waals surface area contributed by atoms with Crippen molar-refractivity contribution in [2.75, 3.05) is 7.11 Å². The molecule has 0 unspecified atom stereocenters. The van der Waals surface area contributed by atoms with E-state index in [1.165, 1.54) is 0 Å². The summed E-state index contributed by atoms with van der Waals surface area (Å²) in [6.07, 6.45) is 5.53. The largest absolute Gasteiger partial charge is 0.497 e. The van der Waals surface area contributed by atoms with Crippen molar-refractivity contribution in [2.24, 2.45) is 0 Å². The van der Waals surface area contributed by atoms with Gasteiger partial charge in [-0.25, -0.2) is 0 Å². The highest BCUT2D eigenvalue weighted by atomic mass is 16.5. The fraction of sp³-hybridized carbons (Fsp3) is 0.0909. The van der Waals surface area contributed by atoms with Crippen LogP contribution in [0.4, 0.5) is 0 Å². The van der Waals surface area contributed by atoms with E-state index in [2.05, 4.69) is 15.4 Å². The van der Waals surface area contributed by atoms with E-state index in [1.807, 2.05) is 36.4 Å². The van der Waals surface area contributed by atoms with Crippen LogP contribution in [0.2, 0.25) is 0 Å². The Morgan fingerprint density at radius 1 is 1.20 bits per heavy atom. The van der Waals surface area contributed by atoms with Gasteiger partial charge < -0.3 is 4.74 Å². The second-order valence-corrected chi connectivity index (χ2v) is 3.00. The van der Waals surface area contributed by atoms with Crippen molar-refractivity contribution in [1.82, 2.24) is 15.4 Å². The van der Waals surface area contributed by atoms with Crippen molar-refractivity contribution in [3.8, 4) is 5.75 Å². The van der Waals surface area contributed by atoms with Crippen molar-refractivity contribution < 1.29 is 4.74 Å². The van der Waals surface area contributed by atoms with E-state index in [4.69, 9.17) is 4.74 Å². The SMILES string of the molecule is COc1ccc(C=Cc2cn[nH]n2)cc1. The molecule has 15 heavy (non-hydrogen) atoms. The molecule has 2 aromatic rings. The Kier molecular flexibility index (Phi) is 2.78. The fourth-order valence-electron chi connectivity index (χ4n) is 1.19. The number of aromatic amines is 1. The number of aromatic nitrogens is 3. The van der Waals surface area contributed by atoms with Crippen LogP contribution in [-0.4, -0.2) is 22.5 Å². The smallest absolute Gasteiger partial charge is 0.118 e. The molecule has 1 N–H and O–H groups in total. The van der Waals surface area contributed by atoms with E-state index >= 15 is 0 Å². The van der Waals surface area contributed by atoms with Crippen LogP contribution in [-0.2, 0) is 0 Å². The first-order chi connectivity index (χ1) is 7.38. The lowest BCUT2D eigenvalue weighted by molar-refractivity contribution is 0.415. The number of nitrogens with zero attached hydrogens (tertiary/aromatic N) is 2. The van der Waals surface area contributed by atoms with E-state index in [0.29, 0.717) is 0 Å². The van der Waals surface area contributed by atoms with E-state index in [1.54, 1.807) is 13.3 Å². The normalized spacial score (nSPS) is 10.7. The Labute approximate surface area is 87.6 Å². The molecule has 4 heteroatoms. The number of ether oxygens (including phenoxy) is 1. The summed E-state index contributed by atoms with van der Waals surface area (Å²) in [4.78, 5) is 0. The highest BCUT2D eigenvalue weighted by molar-refractivity contribution is 5.67. The molecular formula is C11H11N3O. The zero-order chi connectivity index (χ0) is 10.5. The van der Waals surface area contributed by atoms with Gasteiger partial charge in [0.15, 0.2) is 0 Å². The van der Waals surface area contributed by atoms with Crippen molar-refractivity contribution in [3.05, 3.63) is 41.7 Å². The second kappa shape index (κ2) is 4.41. The lowest BCUT2D eigenvalue weighted by Gasteiger charge is -1.98. The summed E-state index contributed by atoms with van der Waals surface area (Å²) in [7, 11) is 1.65. The molecule has 0 aliphatic heterocycles. The van der Waals surface area contributed by atoms with Crippen LogP contribution in [0.25, 0.3) is 12.2 Å². The highest BCUT2D eigenvalue weighted by Gasteiger charge is 1.91. The Morgan fingerprint density at radius 2 is 2.00 bits per heavy atom. The highest BCUT2D eigenvalue weighted by Crippen LogP contribution is 2.13. The molecule has 0 spiro atoms. The van der Waals surface area contributed by atoms with Crippen molar-refractivity contribution >= 4 is 12.2 Å². The molecule has 76 valence electrons. The Morgan fingerprint density at radius 3 is 2.60 bits per heavy atom. The topological polar surface area (TPSA) is 50.8 Å². The van der Waals surface area contributed by atoms with Gasteiger partial charge in [-0.15, -0.1) is 0 Å². The number of nitrogens with one attached hydrogen (secondary N) is 1. The van der Waals surface area contributed by atoms with Crippen LogP contribution in [0.3, 0.4) is 0 Å². The molecule has 0 bridgehead atoms. The average Bonchev–Trinajstić information content (AvgIpc) is 2.80. The Hall–Kier alpha value is -2.10. The predicted octanol–water partition coefficient (Wildman–Crippen LogP) is 1.98. The number of H-pyrrole nitrogens is 1. The van der Waals surface area contributed by atoms with Crippen molar-refractivity contribution in [1.29, 1.82) is 0 Å². The number of methoxy groups -OCH3 is 1. The summed E-state index contributed by atoms with van der Waals surface area (Å²) < 4.78 is 5.07. The van der Waals surface area contributed by atoms with Crippen molar-refractivity contribution in [2.45, 2.75) is 0 Å². The van der Waals surface area contributed by atoms with Crippen LogP contribution in [0.1, 0.15) is 11.3 Å². The predicted molar refractivity (Wildman–Crippen MR) is 58.3 cm³/mol. The first kappa shape index (κ1) is 9.45. The molecular weight excluding hydrogens is 190 g/mol. The van der Waals surface area contributed by atoms with Gasteiger partial charge in [0.1, 0.15) is 11.4 Å². The zero-order valence-electron chi connectivity index (χ0n) is 8.34. The number of benzene rings is 1. The Balaban J connectivity index is 2.11. The van der Waals surface area contributed by atoms with Gasteiger partial charge in [-0.2, -0.15) is 15.4 Å². The molecule has 1 heterocycles. The molecule has 1 aromatic carbocycles. The molecule has 4 nitrogen and oxygen atoms in total. The number of hydrogen-bond donors (Lipinski definition) is 1. The maximum absolute atomic E-state index is 5.07. The average molecular weight is 201 g/mol. The maximum Gasteiger partial charge on any atom is 0.118 e. The molecule has 1 aromatic heterocycles. The quantitative estimate of drug-likeness (QED) is 0.826. The third kappa shape index (κ3) is 2.43.